The summed E-state index contributed by atoms with van der Waals surface area (Å²) in [4.78, 5) is 4.30. The van der Waals surface area contributed by atoms with Crippen LogP contribution in [0.15, 0.2) is 5.11 Å². The third-order valence-corrected chi connectivity index (χ3v) is 0.403. The summed E-state index contributed by atoms with van der Waals surface area (Å²) in [6.07, 6.45) is 0. The van der Waals surface area contributed by atoms with E-state index in [-0.39, 0.29) is 5.02 Å². The lowest BCUT2D eigenvalue weighted by Crippen LogP contribution is -1.99. The summed E-state index contributed by atoms with van der Waals surface area (Å²) in [5, 5.41) is 13.3. The highest BCUT2D eigenvalue weighted by Gasteiger charge is 1.81. The van der Waals surface area contributed by atoms with Crippen molar-refractivity contribution < 1.29 is 9.86 Å². The molecule has 0 radical (unpaired) electrons. The highest BCUT2D eigenvalue weighted by atomic mass is 16.9. The van der Waals surface area contributed by atoms with Crippen molar-refractivity contribution >= 4 is 0 Å². The summed E-state index contributed by atoms with van der Waals surface area (Å²) >= 11 is 0. The Bertz CT molecular complexity index is 71.3. The van der Waals surface area contributed by atoms with Crippen LogP contribution < -0.4 is 0 Å². The van der Waals surface area contributed by atoms with Gasteiger partial charge in [0.2, 0.25) is 0 Å². The lowest BCUT2D eigenvalue weighted by Gasteiger charge is -1.93. The Kier molecular flexibility index (Phi) is 3.00. The smallest absolute Gasteiger partial charge is 0.168 e. The molecule has 0 aromatic carbocycles. The largest absolute Gasteiger partial charge is 0.381 e. The zero-order chi connectivity index (χ0) is 5.70. The summed E-state index contributed by atoms with van der Waals surface area (Å²) in [5.74, 6) is 0. The standard InChI is InChI=1S/C3H8N2O2/c1-3-7-5(6)4-2/h3H2,1-2H3. The van der Waals surface area contributed by atoms with Gasteiger partial charge in [0, 0.05) is 5.11 Å². The molecule has 7 heavy (non-hydrogen) atoms. The minimum atomic E-state index is 0.181. The van der Waals surface area contributed by atoms with E-state index < -0.39 is 0 Å². The fraction of sp³-hybridized carbons (Fsp3) is 1.00. The van der Waals surface area contributed by atoms with E-state index in [1.54, 1.807) is 6.92 Å². The Hall–Kier alpha value is -0.800. The molecule has 0 aromatic rings. The first-order chi connectivity index (χ1) is 3.31. The summed E-state index contributed by atoms with van der Waals surface area (Å²) in [6, 6.07) is 0. The molecule has 0 heterocycles. The Morgan fingerprint density at radius 2 is 2.43 bits per heavy atom. The maximum Gasteiger partial charge on any atom is 0.168 e. The number of nitrogens with zero attached hydrogens (tertiary/aromatic N) is 2. The first-order valence-electron chi connectivity index (χ1n) is 2.01. The Morgan fingerprint density at radius 3 is 2.57 bits per heavy atom. The van der Waals surface area contributed by atoms with E-state index in [1.807, 2.05) is 0 Å². The van der Waals surface area contributed by atoms with Crippen molar-refractivity contribution in [2.45, 2.75) is 6.92 Å². The first-order valence-corrected chi connectivity index (χ1v) is 2.01. The van der Waals surface area contributed by atoms with Crippen LogP contribution in [-0.2, 0) is 4.84 Å². The zero-order valence-electron chi connectivity index (χ0n) is 4.42. The van der Waals surface area contributed by atoms with Crippen molar-refractivity contribution in [3.63, 3.8) is 0 Å². The summed E-state index contributed by atoms with van der Waals surface area (Å²) in [7, 11) is 1.36. The van der Waals surface area contributed by atoms with E-state index in [4.69, 9.17) is 0 Å². The normalized spacial score (nSPS) is 11.4. The van der Waals surface area contributed by atoms with Gasteiger partial charge in [0.25, 0.3) is 0 Å². The fourth-order valence-corrected chi connectivity index (χ4v) is 0.168. The van der Waals surface area contributed by atoms with Gasteiger partial charge in [0.05, 0.1) is 13.7 Å². The molecule has 0 atom stereocenters. The van der Waals surface area contributed by atoms with Crippen LogP contribution in [0.25, 0.3) is 0 Å². The monoisotopic (exact) mass is 104 g/mol. The van der Waals surface area contributed by atoms with Crippen molar-refractivity contribution in [3.05, 3.63) is 5.21 Å². The molecule has 4 heteroatoms. The summed E-state index contributed by atoms with van der Waals surface area (Å²) in [6.45, 7) is 2.08. The third-order valence-electron chi connectivity index (χ3n) is 0.403. The first kappa shape index (κ1) is 6.20. The third kappa shape index (κ3) is 3.02. The summed E-state index contributed by atoms with van der Waals surface area (Å²) < 4.78 is 0. The molecular weight excluding hydrogens is 96.0 g/mol. The maximum absolute atomic E-state index is 9.94. The number of hydrogen-bond donors (Lipinski definition) is 0. The number of rotatable bonds is 2. The molecular formula is C3H8N2O2. The topological polar surface area (TPSA) is 47.7 Å². The second kappa shape index (κ2) is 3.39. The van der Waals surface area contributed by atoms with Crippen molar-refractivity contribution in [1.82, 2.24) is 0 Å². The molecule has 0 fully saturated rings. The van der Waals surface area contributed by atoms with Crippen molar-refractivity contribution in [3.8, 4) is 0 Å². The van der Waals surface area contributed by atoms with Crippen LogP contribution in [0.5, 0.6) is 0 Å². The van der Waals surface area contributed by atoms with Gasteiger partial charge in [-0.3, -0.25) is 0 Å². The van der Waals surface area contributed by atoms with Gasteiger partial charge in [-0.1, -0.05) is 6.92 Å². The highest BCUT2D eigenvalue weighted by molar-refractivity contribution is 3.95. The van der Waals surface area contributed by atoms with Crippen LogP contribution in [0, 0.1) is 5.21 Å². The number of hydrogen-bond acceptors (Lipinski definition) is 3. The van der Waals surface area contributed by atoms with E-state index in [0.717, 1.165) is 0 Å². The molecule has 42 valence electrons. The van der Waals surface area contributed by atoms with E-state index in [1.165, 1.54) is 7.05 Å². The SMILES string of the molecule is CCO[N+]([O-])=NC. The molecule has 0 saturated heterocycles. The molecule has 0 aromatic heterocycles. The lowest BCUT2D eigenvalue weighted by atomic mass is 10.9. The second-order valence-corrected chi connectivity index (χ2v) is 0.856. The van der Waals surface area contributed by atoms with Crippen molar-refractivity contribution in [2.24, 2.45) is 5.11 Å². The molecule has 0 saturated carbocycles. The molecule has 0 aliphatic rings. The molecule has 0 amide bonds. The van der Waals surface area contributed by atoms with Crippen LogP contribution >= 0.6 is 0 Å². The Balaban J connectivity index is 3.17. The Labute approximate surface area is 41.9 Å². The average Bonchev–Trinajstić information content (AvgIpc) is 1.68. The molecule has 0 unspecified atom stereocenters. The molecule has 4 nitrogen and oxygen atoms in total. The lowest BCUT2D eigenvalue weighted by molar-refractivity contribution is -0.789. The van der Waals surface area contributed by atoms with Gasteiger partial charge in [-0.2, -0.15) is 0 Å². The van der Waals surface area contributed by atoms with E-state index in [0.29, 0.717) is 6.61 Å². The molecule has 0 bridgehead atoms. The van der Waals surface area contributed by atoms with Gasteiger partial charge in [-0.15, -0.1) is 0 Å². The van der Waals surface area contributed by atoms with Crippen molar-refractivity contribution in [1.29, 1.82) is 0 Å². The minimum Gasteiger partial charge on any atom is -0.381 e. The Morgan fingerprint density at radius 1 is 1.86 bits per heavy atom. The van der Waals surface area contributed by atoms with E-state index in [2.05, 4.69) is 9.95 Å². The van der Waals surface area contributed by atoms with Gasteiger partial charge < -0.3 is 4.84 Å². The minimum absolute atomic E-state index is 0.181. The second-order valence-electron chi connectivity index (χ2n) is 0.856. The predicted molar refractivity (Wildman–Crippen MR) is 23.6 cm³/mol. The highest BCUT2D eigenvalue weighted by Crippen LogP contribution is 1.73. The molecule has 0 aliphatic carbocycles. The van der Waals surface area contributed by atoms with Gasteiger partial charge in [-0.25, -0.2) is 5.21 Å². The average molecular weight is 104 g/mol. The van der Waals surface area contributed by atoms with Crippen LogP contribution in [0.1, 0.15) is 6.92 Å². The molecule has 0 aliphatic heterocycles. The van der Waals surface area contributed by atoms with Crippen LogP contribution in [-0.4, -0.2) is 18.7 Å². The van der Waals surface area contributed by atoms with Crippen LogP contribution in [0.4, 0.5) is 0 Å². The van der Waals surface area contributed by atoms with Gasteiger partial charge in [0.1, 0.15) is 0 Å². The van der Waals surface area contributed by atoms with Gasteiger partial charge in [-0.05, 0) is 0 Å². The van der Waals surface area contributed by atoms with E-state index in [9.17, 15) is 5.21 Å². The molecule has 0 N–H and O–H groups in total. The van der Waals surface area contributed by atoms with Crippen molar-refractivity contribution in [2.75, 3.05) is 13.7 Å². The molecule has 0 rings (SSSR count). The van der Waals surface area contributed by atoms with Gasteiger partial charge >= 0.3 is 0 Å². The molecule has 0 spiro atoms. The van der Waals surface area contributed by atoms with Gasteiger partial charge in [0.15, 0.2) is 5.02 Å². The summed E-state index contributed by atoms with van der Waals surface area (Å²) in [5.41, 5.74) is 0. The predicted octanol–water partition coefficient (Wildman–Crippen LogP) is 0.530. The zero-order valence-corrected chi connectivity index (χ0v) is 4.42. The quantitative estimate of drug-likeness (QED) is 0.379. The fourth-order valence-electron chi connectivity index (χ4n) is 0.168. The van der Waals surface area contributed by atoms with Crippen LogP contribution in [0.2, 0.25) is 0 Å². The van der Waals surface area contributed by atoms with Crippen LogP contribution in [0.3, 0.4) is 0 Å². The maximum atomic E-state index is 9.94. The van der Waals surface area contributed by atoms with E-state index >= 15 is 0 Å².